The Balaban J connectivity index is 1.94. The average molecular weight is 651 g/mol. The van der Waals surface area contributed by atoms with E-state index in [1.165, 1.54) is 19.9 Å². The molecule has 0 spiro atoms. The highest BCUT2D eigenvalue weighted by molar-refractivity contribution is 5.92. The van der Waals surface area contributed by atoms with Crippen molar-refractivity contribution in [3.8, 4) is 0 Å². The van der Waals surface area contributed by atoms with Crippen molar-refractivity contribution in [2.45, 2.75) is 96.0 Å². The molecule has 0 saturated carbocycles. The van der Waals surface area contributed by atoms with Gasteiger partial charge in [0, 0.05) is 5.57 Å². The van der Waals surface area contributed by atoms with Crippen LogP contribution in [0.4, 0.5) is 0 Å². The molecule has 0 bridgehead atoms. The molecule has 0 aromatic carbocycles. The molecular formula is C33H46O13. The van der Waals surface area contributed by atoms with Crippen molar-refractivity contribution < 1.29 is 64.3 Å². The van der Waals surface area contributed by atoms with Gasteiger partial charge in [-0.25, -0.2) is 4.79 Å². The summed E-state index contributed by atoms with van der Waals surface area (Å²) in [6.45, 7) is 7.31. The van der Waals surface area contributed by atoms with E-state index in [-0.39, 0.29) is 11.4 Å². The Kier molecular flexibility index (Phi) is 16.1. The molecule has 10 atom stereocenters. The molecule has 0 amide bonds. The third-order valence-electron chi connectivity index (χ3n) is 7.28. The van der Waals surface area contributed by atoms with E-state index in [2.05, 4.69) is 0 Å². The van der Waals surface area contributed by atoms with Gasteiger partial charge in [-0.1, -0.05) is 71.9 Å². The lowest BCUT2D eigenvalue weighted by atomic mass is 9.98. The second-order valence-corrected chi connectivity index (χ2v) is 11.1. The largest absolute Gasteiger partial charge is 0.429 e. The van der Waals surface area contributed by atoms with Gasteiger partial charge in [0.2, 0.25) is 6.29 Å². The zero-order chi connectivity index (χ0) is 34.6. The summed E-state index contributed by atoms with van der Waals surface area (Å²) in [5.74, 6) is -0.844. The van der Waals surface area contributed by atoms with Crippen LogP contribution >= 0.6 is 0 Å². The Bertz CT molecular complexity index is 1240. The Morgan fingerprint density at radius 3 is 1.61 bits per heavy atom. The van der Waals surface area contributed by atoms with Gasteiger partial charge in [0.1, 0.15) is 48.8 Å². The first kappa shape index (κ1) is 39.1. The molecule has 2 heterocycles. The van der Waals surface area contributed by atoms with Crippen LogP contribution in [0.3, 0.4) is 0 Å². The SMILES string of the molecule is CC(=O)/C(C)=C/C=C/C(C)=C/C=C/C=C(C)\C=C\C=C(/C)C(=O)O[C@@H]1OC(CO[C@@H]2OC(CO)[C@@H](O)[C@H](O)C2O)[C@@H](O)[C@H](O)C1O. The molecule has 7 N–H and O–H groups in total. The zero-order valence-corrected chi connectivity index (χ0v) is 26.5. The summed E-state index contributed by atoms with van der Waals surface area (Å²) < 4.78 is 21.3. The number of aliphatic hydroxyl groups excluding tert-OH is 7. The lowest BCUT2D eigenvalue weighted by Crippen LogP contribution is -2.61. The van der Waals surface area contributed by atoms with E-state index in [4.69, 9.17) is 18.9 Å². The summed E-state index contributed by atoms with van der Waals surface area (Å²) in [6, 6.07) is 0. The number of carbonyl (C=O) groups excluding carboxylic acids is 2. The van der Waals surface area contributed by atoms with Crippen molar-refractivity contribution in [1.29, 1.82) is 0 Å². The van der Waals surface area contributed by atoms with Gasteiger partial charge in [-0.05, 0) is 40.2 Å². The number of Topliss-reactive ketones (excluding diaryl/α,β-unsaturated/α-hetero) is 1. The fraction of sp³-hybridized carbons (Fsp3) is 0.515. The number of hydrogen-bond acceptors (Lipinski definition) is 13. The first-order valence-electron chi connectivity index (χ1n) is 14.7. The highest BCUT2D eigenvalue weighted by Crippen LogP contribution is 2.26. The summed E-state index contributed by atoms with van der Waals surface area (Å²) >= 11 is 0. The summed E-state index contributed by atoms with van der Waals surface area (Å²) in [5.41, 5.74) is 2.68. The number of aliphatic hydroxyl groups is 7. The molecule has 0 aromatic rings. The Hall–Kier alpha value is -3.08. The van der Waals surface area contributed by atoms with E-state index in [1.807, 2.05) is 50.3 Å². The van der Waals surface area contributed by atoms with Crippen LogP contribution in [0, 0.1) is 0 Å². The van der Waals surface area contributed by atoms with Crippen LogP contribution in [0.25, 0.3) is 0 Å². The third-order valence-corrected chi connectivity index (χ3v) is 7.28. The summed E-state index contributed by atoms with van der Waals surface area (Å²) in [5, 5.41) is 70.3. The molecule has 256 valence electrons. The summed E-state index contributed by atoms with van der Waals surface area (Å²) in [4.78, 5) is 23.9. The first-order chi connectivity index (χ1) is 21.7. The van der Waals surface area contributed by atoms with Gasteiger partial charge in [0.05, 0.1) is 13.2 Å². The molecule has 13 nitrogen and oxygen atoms in total. The maximum atomic E-state index is 12.7. The lowest BCUT2D eigenvalue weighted by molar-refractivity contribution is -0.326. The molecule has 0 radical (unpaired) electrons. The number of rotatable bonds is 13. The smallest absolute Gasteiger partial charge is 0.336 e. The zero-order valence-electron chi connectivity index (χ0n) is 26.5. The molecule has 46 heavy (non-hydrogen) atoms. The van der Waals surface area contributed by atoms with Crippen molar-refractivity contribution in [3.05, 3.63) is 83.1 Å². The second kappa shape index (κ2) is 18.9. The van der Waals surface area contributed by atoms with Gasteiger partial charge in [0.15, 0.2) is 12.1 Å². The highest BCUT2D eigenvalue weighted by Gasteiger charge is 2.48. The monoisotopic (exact) mass is 650 g/mol. The standard InChI is InChI=1S/C33H46O13/c1-18(12-8-14-20(3)22(5)35)10-6-7-11-19(2)13-9-15-21(4)31(42)46-33-30(41)28(39)26(37)24(45-33)17-43-32-29(40)27(38)25(36)23(16-34)44-32/h6-15,23-30,32-34,36-41H,16-17H2,1-5H3/b7-6+,12-8+,13-9+,18-10+,19-11-,20-14+,21-15+/t23?,24?,25-,26-,27+,28+,29?,30?,32-,33+/m1/s1. The van der Waals surface area contributed by atoms with Gasteiger partial charge in [-0.3, -0.25) is 4.79 Å². The van der Waals surface area contributed by atoms with Crippen molar-refractivity contribution in [1.82, 2.24) is 0 Å². The van der Waals surface area contributed by atoms with Crippen LogP contribution in [0.2, 0.25) is 0 Å². The predicted octanol–water partition coefficient (Wildman–Crippen LogP) is 0.196. The number of esters is 1. The average Bonchev–Trinajstić information content (AvgIpc) is 3.02. The van der Waals surface area contributed by atoms with E-state index < -0.39 is 80.6 Å². The first-order valence-corrected chi connectivity index (χ1v) is 14.7. The highest BCUT2D eigenvalue weighted by atomic mass is 16.7. The molecule has 2 aliphatic rings. The Morgan fingerprint density at radius 1 is 0.609 bits per heavy atom. The fourth-order valence-corrected chi connectivity index (χ4v) is 4.14. The van der Waals surface area contributed by atoms with E-state index in [1.54, 1.807) is 25.2 Å². The Morgan fingerprint density at radius 2 is 1.09 bits per heavy atom. The number of ether oxygens (including phenoxy) is 4. The van der Waals surface area contributed by atoms with Gasteiger partial charge < -0.3 is 54.7 Å². The molecular weight excluding hydrogens is 604 g/mol. The molecule has 4 unspecified atom stereocenters. The summed E-state index contributed by atoms with van der Waals surface area (Å²) in [6.07, 6.45) is 1.70. The number of ketones is 1. The lowest BCUT2D eigenvalue weighted by Gasteiger charge is -2.42. The molecule has 0 aliphatic carbocycles. The molecule has 2 rings (SSSR count). The van der Waals surface area contributed by atoms with Gasteiger partial charge in [0.25, 0.3) is 0 Å². The van der Waals surface area contributed by atoms with E-state index >= 15 is 0 Å². The van der Waals surface area contributed by atoms with Gasteiger partial charge in [-0.2, -0.15) is 0 Å². The minimum absolute atomic E-state index is 0.0220. The van der Waals surface area contributed by atoms with Crippen LogP contribution in [0.15, 0.2) is 83.1 Å². The number of carbonyl (C=O) groups is 2. The summed E-state index contributed by atoms with van der Waals surface area (Å²) in [7, 11) is 0. The van der Waals surface area contributed by atoms with E-state index in [0.29, 0.717) is 5.57 Å². The molecule has 13 heteroatoms. The minimum atomic E-state index is -1.79. The Labute approximate surface area is 268 Å². The van der Waals surface area contributed by atoms with Crippen LogP contribution in [0.1, 0.15) is 34.6 Å². The predicted molar refractivity (Wildman–Crippen MR) is 166 cm³/mol. The number of allylic oxidation sites excluding steroid dienone is 13. The molecule has 2 aliphatic heterocycles. The second-order valence-electron chi connectivity index (χ2n) is 11.1. The topological polar surface area (TPSA) is 213 Å². The van der Waals surface area contributed by atoms with Crippen LogP contribution in [-0.4, -0.2) is 122 Å². The maximum absolute atomic E-state index is 12.7. The van der Waals surface area contributed by atoms with Crippen molar-refractivity contribution in [3.63, 3.8) is 0 Å². The van der Waals surface area contributed by atoms with E-state index in [0.717, 1.165) is 11.1 Å². The van der Waals surface area contributed by atoms with Crippen molar-refractivity contribution >= 4 is 11.8 Å². The molecule has 2 saturated heterocycles. The van der Waals surface area contributed by atoms with Gasteiger partial charge >= 0.3 is 5.97 Å². The van der Waals surface area contributed by atoms with E-state index in [9.17, 15) is 45.3 Å². The molecule has 0 aromatic heterocycles. The van der Waals surface area contributed by atoms with Crippen LogP contribution < -0.4 is 0 Å². The molecule has 2 fully saturated rings. The fourth-order valence-electron chi connectivity index (χ4n) is 4.14. The maximum Gasteiger partial charge on any atom is 0.336 e. The van der Waals surface area contributed by atoms with Crippen LogP contribution in [0.5, 0.6) is 0 Å². The van der Waals surface area contributed by atoms with Crippen molar-refractivity contribution in [2.24, 2.45) is 0 Å². The van der Waals surface area contributed by atoms with Crippen LogP contribution in [-0.2, 0) is 28.5 Å². The number of hydrogen-bond donors (Lipinski definition) is 7. The third kappa shape index (κ3) is 11.6. The normalized spacial score (nSPS) is 33.7. The van der Waals surface area contributed by atoms with Crippen molar-refractivity contribution in [2.75, 3.05) is 13.2 Å². The van der Waals surface area contributed by atoms with Gasteiger partial charge in [-0.15, -0.1) is 0 Å². The minimum Gasteiger partial charge on any atom is -0.429 e. The quantitative estimate of drug-likeness (QED) is 0.0807.